The SMILES string of the molecule is CC1(C)OB(CCC(c2ccc(F)cc2)c2ccc3sc4ccccc4c3c2)OC1(C)C. The molecule has 1 aliphatic heterocycles. The molecule has 1 atom stereocenters. The van der Waals surface area contributed by atoms with Crippen molar-refractivity contribution in [1.29, 1.82) is 0 Å². The van der Waals surface area contributed by atoms with Gasteiger partial charge in [-0.2, -0.15) is 0 Å². The van der Waals surface area contributed by atoms with Gasteiger partial charge in [-0.3, -0.25) is 0 Å². The molecule has 0 radical (unpaired) electrons. The quantitative estimate of drug-likeness (QED) is 0.291. The van der Waals surface area contributed by atoms with E-state index in [0.717, 1.165) is 18.3 Å². The maximum absolute atomic E-state index is 13.7. The van der Waals surface area contributed by atoms with E-state index >= 15 is 0 Å². The van der Waals surface area contributed by atoms with E-state index in [9.17, 15) is 4.39 Å². The van der Waals surface area contributed by atoms with Crippen LogP contribution in [0.15, 0.2) is 66.7 Å². The highest BCUT2D eigenvalue weighted by Gasteiger charge is 2.50. The number of rotatable bonds is 5. The summed E-state index contributed by atoms with van der Waals surface area (Å²) < 4.78 is 28.7. The fraction of sp³-hybridized carbons (Fsp3) is 0.333. The van der Waals surface area contributed by atoms with Gasteiger partial charge in [0, 0.05) is 26.1 Å². The van der Waals surface area contributed by atoms with Gasteiger partial charge in [0.15, 0.2) is 0 Å². The zero-order valence-corrected chi connectivity index (χ0v) is 19.8. The molecule has 1 aromatic heterocycles. The lowest BCUT2D eigenvalue weighted by Crippen LogP contribution is -2.41. The van der Waals surface area contributed by atoms with Crippen molar-refractivity contribution >= 4 is 38.6 Å². The molecule has 5 rings (SSSR count). The topological polar surface area (TPSA) is 18.5 Å². The van der Waals surface area contributed by atoms with Gasteiger partial charge in [-0.15, -0.1) is 11.3 Å². The first kappa shape index (κ1) is 21.6. The highest BCUT2D eigenvalue weighted by molar-refractivity contribution is 7.25. The van der Waals surface area contributed by atoms with Crippen molar-refractivity contribution < 1.29 is 13.7 Å². The molecule has 2 heterocycles. The molecule has 0 aliphatic carbocycles. The fourth-order valence-corrected chi connectivity index (χ4v) is 5.65. The van der Waals surface area contributed by atoms with Crippen molar-refractivity contribution in [3.8, 4) is 0 Å². The van der Waals surface area contributed by atoms with Crippen molar-refractivity contribution in [3.05, 3.63) is 83.7 Å². The Labute approximate surface area is 193 Å². The van der Waals surface area contributed by atoms with Crippen LogP contribution in [-0.2, 0) is 9.31 Å². The third-order valence-electron chi connectivity index (χ3n) is 7.07. The summed E-state index contributed by atoms with van der Waals surface area (Å²) in [4.78, 5) is 0. The van der Waals surface area contributed by atoms with Crippen LogP contribution < -0.4 is 0 Å². The summed E-state index contributed by atoms with van der Waals surface area (Å²) in [5, 5.41) is 2.57. The van der Waals surface area contributed by atoms with Crippen LogP contribution in [0.1, 0.15) is 51.2 Å². The van der Waals surface area contributed by atoms with Crippen LogP contribution in [0.25, 0.3) is 20.2 Å². The summed E-state index contributed by atoms with van der Waals surface area (Å²) >= 11 is 1.82. The van der Waals surface area contributed by atoms with Crippen molar-refractivity contribution in [2.45, 2.75) is 57.6 Å². The van der Waals surface area contributed by atoms with E-state index in [1.807, 2.05) is 23.5 Å². The Balaban J connectivity index is 1.49. The highest BCUT2D eigenvalue weighted by Crippen LogP contribution is 2.41. The third kappa shape index (κ3) is 3.87. The van der Waals surface area contributed by atoms with E-state index < -0.39 is 0 Å². The van der Waals surface area contributed by atoms with E-state index in [-0.39, 0.29) is 30.1 Å². The number of thiophene rings is 1. The fourth-order valence-electron chi connectivity index (χ4n) is 4.57. The van der Waals surface area contributed by atoms with Gasteiger partial charge in [0.1, 0.15) is 5.82 Å². The van der Waals surface area contributed by atoms with Crippen LogP contribution in [-0.4, -0.2) is 18.3 Å². The Morgan fingerprint density at radius 3 is 2.16 bits per heavy atom. The van der Waals surface area contributed by atoms with E-state index in [1.54, 1.807) is 12.1 Å². The molecule has 32 heavy (non-hydrogen) atoms. The minimum absolute atomic E-state index is 0.137. The van der Waals surface area contributed by atoms with Crippen molar-refractivity contribution in [1.82, 2.24) is 0 Å². The van der Waals surface area contributed by atoms with Gasteiger partial charge < -0.3 is 9.31 Å². The average molecular weight is 446 g/mol. The summed E-state index contributed by atoms with van der Waals surface area (Å²) in [6, 6.07) is 22.2. The zero-order chi connectivity index (χ0) is 22.5. The lowest BCUT2D eigenvalue weighted by Gasteiger charge is -2.32. The van der Waals surface area contributed by atoms with Crippen LogP contribution in [0.2, 0.25) is 6.32 Å². The number of fused-ring (bicyclic) bond motifs is 3. The molecule has 3 aromatic carbocycles. The third-order valence-corrected chi connectivity index (χ3v) is 8.22. The molecule has 4 aromatic rings. The van der Waals surface area contributed by atoms with Crippen LogP contribution in [0.4, 0.5) is 4.39 Å². The Bertz CT molecular complexity index is 1250. The maximum atomic E-state index is 13.7. The molecule has 2 nitrogen and oxygen atoms in total. The second-order valence-corrected chi connectivity index (χ2v) is 10.8. The standard InChI is InChI=1S/C27H28BFO2S/c1-26(2)27(3,4)31-28(30-26)16-15-21(18-9-12-20(29)13-10-18)19-11-14-25-23(17-19)22-7-5-6-8-24(22)32-25/h5-14,17,21H,15-16H2,1-4H3. The minimum atomic E-state index is -0.336. The number of hydrogen-bond acceptors (Lipinski definition) is 3. The van der Waals surface area contributed by atoms with Gasteiger partial charge in [-0.1, -0.05) is 36.4 Å². The molecule has 1 fully saturated rings. The Hall–Kier alpha value is -2.21. The second-order valence-electron chi connectivity index (χ2n) is 9.72. The van der Waals surface area contributed by atoms with Crippen LogP contribution in [0.5, 0.6) is 0 Å². The maximum Gasteiger partial charge on any atom is 0.457 e. The van der Waals surface area contributed by atoms with Gasteiger partial charge in [0.05, 0.1) is 11.2 Å². The van der Waals surface area contributed by atoms with Crippen molar-refractivity contribution in [2.24, 2.45) is 0 Å². The van der Waals surface area contributed by atoms with Crippen LogP contribution >= 0.6 is 11.3 Å². The van der Waals surface area contributed by atoms with Gasteiger partial charge in [0.2, 0.25) is 0 Å². The summed E-state index contributed by atoms with van der Waals surface area (Å²) in [6.45, 7) is 8.33. The highest BCUT2D eigenvalue weighted by atomic mass is 32.1. The molecule has 1 saturated heterocycles. The summed E-state index contributed by atoms with van der Waals surface area (Å²) in [7, 11) is -0.242. The normalized spacial score (nSPS) is 18.5. The first-order chi connectivity index (χ1) is 15.2. The minimum Gasteiger partial charge on any atom is -0.403 e. The van der Waals surface area contributed by atoms with Crippen molar-refractivity contribution in [2.75, 3.05) is 0 Å². The van der Waals surface area contributed by atoms with Gasteiger partial charge >= 0.3 is 7.12 Å². The molecule has 164 valence electrons. The summed E-state index contributed by atoms with van der Waals surface area (Å²) in [5.74, 6) is -0.0737. The van der Waals surface area contributed by atoms with Crippen LogP contribution in [0.3, 0.4) is 0 Å². The second kappa shape index (κ2) is 7.98. The molecule has 0 saturated carbocycles. The van der Waals surface area contributed by atoms with E-state index in [2.05, 4.69) is 70.2 Å². The molecule has 5 heteroatoms. The van der Waals surface area contributed by atoms with Gasteiger partial charge in [-0.25, -0.2) is 4.39 Å². The van der Waals surface area contributed by atoms with Crippen LogP contribution in [0, 0.1) is 5.82 Å². The predicted molar refractivity (Wildman–Crippen MR) is 133 cm³/mol. The Morgan fingerprint density at radius 2 is 1.44 bits per heavy atom. The predicted octanol–water partition coefficient (Wildman–Crippen LogP) is 7.81. The van der Waals surface area contributed by atoms with Gasteiger partial charge in [0.25, 0.3) is 0 Å². The lowest BCUT2D eigenvalue weighted by atomic mass is 9.76. The summed E-state index contributed by atoms with van der Waals surface area (Å²) in [6.07, 6.45) is 1.63. The number of benzene rings is 3. The monoisotopic (exact) mass is 446 g/mol. The molecular formula is C27H28BFO2S. The average Bonchev–Trinajstić information content (AvgIpc) is 3.22. The van der Waals surface area contributed by atoms with Gasteiger partial charge in [-0.05, 0) is 81.9 Å². The molecule has 0 amide bonds. The van der Waals surface area contributed by atoms with E-state index in [4.69, 9.17) is 9.31 Å². The molecule has 1 aliphatic rings. The smallest absolute Gasteiger partial charge is 0.403 e. The molecule has 0 spiro atoms. The largest absolute Gasteiger partial charge is 0.457 e. The van der Waals surface area contributed by atoms with E-state index in [0.29, 0.717) is 0 Å². The molecule has 0 bridgehead atoms. The Morgan fingerprint density at radius 1 is 0.812 bits per heavy atom. The lowest BCUT2D eigenvalue weighted by molar-refractivity contribution is 0.00578. The molecular weight excluding hydrogens is 418 g/mol. The number of hydrogen-bond donors (Lipinski definition) is 0. The number of halogens is 1. The Kier molecular flexibility index (Phi) is 5.39. The zero-order valence-electron chi connectivity index (χ0n) is 19.0. The first-order valence-electron chi connectivity index (χ1n) is 11.3. The van der Waals surface area contributed by atoms with E-state index in [1.165, 1.54) is 25.7 Å². The molecule has 1 unspecified atom stereocenters. The van der Waals surface area contributed by atoms with Crippen molar-refractivity contribution in [3.63, 3.8) is 0 Å². The first-order valence-corrected chi connectivity index (χ1v) is 12.1. The molecule has 0 N–H and O–H groups in total. The summed E-state index contributed by atoms with van der Waals surface area (Å²) in [5.41, 5.74) is 1.68.